The number of halogens is 1. The number of ether oxygens (including phenoxy) is 1. The molecule has 1 amide bonds. The third-order valence-corrected chi connectivity index (χ3v) is 9.53. The van der Waals surface area contributed by atoms with E-state index in [2.05, 4.69) is 29.5 Å². The maximum atomic E-state index is 13.9. The van der Waals surface area contributed by atoms with Gasteiger partial charge in [0.25, 0.3) is 0 Å². The molecule has 3 heterocycles. The van der Waals surface area contributed by atoms with E-state index in [1.165, 1.54) is 18.2 Å². The Morgan fingerprint density at radius 3 is 2.47 bits per heavy atom. The molecule has 0 radical (unpaired) electrons. The van der Waals surface area contributed by atoms with Gasteiger partial charge in [-0.25, -0.2) is 9.18 Å². The van der Waals surface area contributed by atoms with Crippen molar-refractivity contribution in [2.75, 3.05) is 23.7 Å². The lowest BCUT2D eigenvalue weighted by Gasteiger charge is -2.44. The molecule has 9 heteroatoms. The molecule has 222 valence electrons. The SMILES string of the molecule is C=CC(=O)N1[C@H](C)CN(c2nc(=O)n3c4c(c(-c5ccc(F)cc5)c(C)cc24)SC[C@@H](OCc2ccccc2)C3)C[C@@H]1C. The number of nitrogens with zero attached hydrogens (tertiary/aromatic N) is 4. The quantitative estimate of drug-likeness (QED) is 0.261. The fraction of sp³-hybridized carbons (Fsp3) is 0.324. The zero-order chi connectivity index (χ0) is 30.2. The summed E-state index contributed by atoms with van der Waals surface area (Å²) in [5.74, 6) is 0.876. The Morgan fingerprint density at radius 2 is 1.79 bits per heavy atom. The Balaban J connectivity index is 1.47. The number of benzene rings is 3. The second-order valence-electron chi connectivity index (χ2n) is 11.4. The van der Waals surface area contributed by atoms with Crippen molar-refractivity contribution in [2.45, 2.75) is 57.0 Å². The highest BCUT2D eigenvalue weighted by molar-refractivity contribution is 7.99. The number of rotatable bonds is 6. The highest BCUT2D eigenvalue weighted by Gasteiger charge is 2.34. The van der Waals surface area contributed by atoms with Gasteiger partial charge >= 0.3 is 5.69 Å². The van der Waals surface area contributed by atoms with Gasteiger partial charge < -0.3 is 14.5 Å². The van der Waals surface area contributed by atoms with Gasteiger partial charge in [-0.1, -0.05) is 49.0 Å². The van der Waals surface area contributed by atoms with Crippen LogP contribution in [0.2, 0.25) is 0 Å². The molecule has 3 aromatic carbocycles. The molecule has 4 aromatic rings. The van der Waals surface area contributed by atoms with Crippen LogP contribution in [0.25, 0.3) is 22.0 Å². The molecule has 0 bridgehead atoms. The van der Waals surface area contributed by atoms with E-state index in [0.717, 1.165) is 38.1 Å². The largest absolute Gasteiger partial charge is 0.371 e. The fourth-order valence-electron chi connectivity index (χ4n) is 6.41. The number of thioether (sulfide) groups is 1. The maximum Gasteiger partial charge on any atom is 0.350 e. The first-order valence-electron chi connectivity index (χ1n) is 14.6. The van der Waals surface area contributed by atoms with Crippen molar-refractivity contribution in [3.8, 4) is 11.1 Å². The Kier molecular flexibility index (Phi) is 8.11. The van der Waals surface area contributed by atoms with E-state index in [4.69, 9.17) is 4.74 Å². The van der Waals surface area contributed by atoms with Gasteiger partial charge in [0.15, 0.2) is 0 Å². The van der Waals surface area contributed by atoms with Gasteiger partial charge in [-0.05, 0) is 61.7 Å². The van der Waals surface area contributed by atoms with Crippen LogP contribution in [-0.2, 0) is 22.7 Å². The Hall–Kier alpha value is -3.95. The molecule has 1 fully saturated rings. The first-order valence-corrected chi connectivity index (χ1v) is 15.6. The number of carbonyl (C=O) groups is 1. The van der Waals surface area contributed by atoms with Crippen LogP contribution < -0.4 is 10.6 Å². The summed E-state index contributed by atoms with van der Waals surface area (Å²) >= 11 is 1.67. The third kappa shape index (κ3) is 5.59. The molecule has 0 saturated carbocycles. The van der Waals surface area contributed by atoms with E-state index in [0.29, 0.717) is 37.8 Å². The van der Waals surface area contributed by atoms with E-state index in [9.17, 15) is 14.0 Å². The minimum atomic E-state index is -0.335. The van der Waals surface area contributed by atoms with Gasteiger partial charge in [0.2, 0.25) is 5.91 Å². The van der Waals surface area contributed by atoms with Crippen LogP contribution in [0.15, 0.2) is 83.0 Å². The zero-order valence-electron chi connectivity index (χ0n) is 24.6. The molecular formula is C34H35FN4O3S. The molecule has 2 aliphatic rings. The molecule has 0 unspecified atom stereocenters. The van der Waals surface area contributed by atoms with E-state index < -0.39 is 0 Å². The van der Waals surface area contributed by atoms with Gasteiger partial charge in [0, 0.05) is 46.8 Å². The smallest absolute Gasteiger partial charge is 0.350 e. The van der Waals surface area contributed by atoms with E-state index in [1.807, 2.05) is 49.1 Å². The van der Waals surface area contributed by atoms with Crippen molar-refractivity contribution in [3.63, 3.8) is 0 Å². The van der Waals surface area contributed by atoms with E-state index in [1.54, 1.807) is 28.5 Å². The summed E-state index contributed by atoms with van der Waals surface area (Å²) in [5, 5.41) is 0.886. The van der Waals surface area contributed by atoms with Crippen LogP contribution in [0.3, 0.4) is 0 Å². The van der Waals surface area contributed by atoms with E-state index >= 15 is 0 Å². The highest BCUT2D eigenvalue weighted by atomic mass is 32.2. The number of amides is 1. The van der Waals surface area contributed by atoms with Crippen molar-refractivity contribution in [2.24, 2.45) is 0 Å². The number of anilines is 1. The molecule has 6 rings (SSSR count). The second kappa shape index (κ2) is 12.0. The molecule has 1 aromatic heterocycles. The standard InChI is InChI=1S/C34H35FN4O3S/c1-5-29(40)39-22(3)16-37(17-23(39)4)33-28-15-21(2)30(25-11-13-26(35)14-12-25)32-31(28)38(34(41)36-33)18-27(20-43-32)42-19-24-9-7-6-8-10-24/h5-15,22-23,27H,1,16-20H2,2-4H3/t22-,23+,27-/m0/s1. The summed E-state index contributed by atoms with van der Waals surface area (Å²) in [5.41, 5.74) is 4.44. The summed E-state index contributed by atoms with van der Waals surface area (Å²) < 4.78 is 22.0. The predicted octanol–water partition coefficient (Wildman–Crippen LogP) is 5.81. The van der Waals surface area contributed by atoms with E-state index in [-0.39, 0.29) is 35.6 Å². The molecule has 0 N–H and O–H groups in total. The zero-order valence-corrected chi connectivity index (χ0v) is 25.4. The van der Waals surface area contributed by atoms with Crippen LogP contribution in [0.5, 0.6) is 0 Å². The molecule has 3 atom stereocenters. The van der Waals surface area contributed by atoms with Gasteiger partial charge in [0.05, 0.1) is 24.8 Å². The number of hydrogen-bond donors (Lipinski definition) is 0. The number of carbonyl (C=O) groups excluding carboxylic acids is 1. The minimum Gasteiger partial charge on any atom is -0.371 e. The first kappa shape index (κ1) is 29.1. The van der Waals surface area contributed by atoms with Crippen LogP contribution in [0.4, 0.5) is 10.2 Å². The number of hydrogen-bond acceptors (Lipinski definition) is 6. The monoisotopic (exact) mass is 598 g/mol. The Labute approximate surface area is 255 Å². The van der Waals surface area contributed by atoms with Crippen LogP contribution in [-0.4, -0.2) is 57.4 Å². The number of piperazine rings is 1. The lowest BCUT2D eigenvalue weighted by atomic mass is 9.97. The summed E-state index contributed by atoms with van der Waals surface area (Å²) in [6.07, 6.45) is 1.13. The Bertz CT molecular complexity index is 1730. The highest BCUT2D eigenvalue weighted by Crippen LogP contribution is 2.44. The van der Waals surface area contributed by atoms with Crippen molar-refractivity contribution in [1.82, 2.24) is 14.5 Å². The molecule has 0 spiro atoms. The Morgan fingerprint density at radius 1 is 1.09 bits per heavy atom. The van der Waals surface area contributed by atoms with Gasteiger partial charge in [-0.15, -0.1) is 11.8 Å². The van der Waals surface area contributed by atoms with Gasteiger partial charge in [-0.3, -0.25) is 9.36 Å². The second-order valence-corrected chi connectivity index (χ2v) is 12.4. The fourth-order valence-corrected chi connectivity index (χ4v) is 7.74. The average Bonchev–Trinajstić information content (AvgIpc) is 3.19. The van der Waals surface area contributed by atoms with Gasteiger partial charge in [0.1, 0.15) is 11.6 Å². The number of aryl methyl sites for hydroxylation is 1. The van der Waals surface area contributed by atoms with Crippen molar-refractivity contribution in [1.29, 1.82) is 0 Å². The van der Waals surface area contributed by atoms with Crippen molar-refractivity contribution in [3.05, 3.63) is 101 Å². The third-order valence-electron chi connectivity index (χ3n) is 8.30. The lowest BCUT2D eigenvalue weighted by Crippen LogP contribution is -2.58. The molecule has 2 aliphatic heterocycles. The van der Waals surface area contributed by atoms with Gasteiger partial charge in [-0.2, -0.15) is 4.98 Å². The van der Waals surface area contributed by atoms with Crippen molar-refractivity contribution >= 4 is 34.4 Å². The molecule has 0 aliphatic carbocycles. The molecular weight excluding hydrogens is 563 g/mol. The minimum absolute atomic E-state index is 0.0894. The predicted molar refractivity (Wildman–Crippen MR) is 170 cm³/mol. The summed E-state index contributed by atoms with van der Waals surface area (Å²) in [6.45, 7) is 11.6. The molecule has 7 nitrogen and oxygen atoms in total. The lowest BCUT2D eigenvalue weighted by molar-refractivity contribution is -0.130. The summed E-state index contributed by atoms with van der Waals surface area (Å²) in [6, 6.07) is 18.4. The summed E-state index contributed by atoms with van der Waals surface area (Å²) in [7, 11) is 0. The van der Waals surface area contributed by atoms with Crippen LogP contribution >= 0.6 is 11.8 Å². The first-order chi connectivity index (χ1) is 20.7. The maximum absolute atomic E-state index is 13.9. The topological polar surface area (TPSA) is 67.7 Å². The number of aromatic nitrogens is 2. The van der Waals surface area contributed by atoms with Crippen LogP contribution in [0.1, 0.15) is 25.0 Å². The average molecular weight is 599 g/mol. The molecule has 43 heavy (non-hydrogen) atoms. The molecule has 1 saturated heterocycles. The van der Waals surface area contributed by atoms with Crippen LogP contribution in [0, 0.1) is 12.7 Å². The normalized spacial score (nSPS) is 20.2. The van der Waals surface area contributed by atoms with Crippen molar-refractivity contribution < 1.29 is 13.9 Å². The summed E-state index contributed by atoms with van der Waals surface area (Å²) in [4.78, 5) is 36.1.